The number of fused-ring (bicyclic) bond motifs is 1. The van der Waals surface area contributed by atoms with Gasteiger partial charge in [0.1, 0.15) is 17.8 Å². The van der Waals surface area contributed by atoms with Crippen molar-refractivity contribution in [3.8, 4) is 0 Å². The predicted molar refractivity (Wildman–Crippen MR) is 109 cm³/mol. The van der Waals surface area contributed by atoms with Crippen molar-refractivity contribution in [1.29, 1.82) is 0 Å². The van der Waals surface area contributed by atoms with Gasteiger partial charge in [-0.15, -0.1) is 0 Å². The Morgan fingerprint density at radius 2 is 1.93 bits per heavy atom. The lowest BCUT2D eigenvalue weighted by molar-refractivity contribution is 0.101. The number of nitrogens with one attached hydrogen (secondary N) is 3. The number of anilines is 2. The quantitative estimate of drug-likeness (QED) is 0.433. The molecule has 2 aromatic carbocycles. The van der Waals surface area contributed by atoms with E-state index in [2.05, 4.69) is 25.2 Å². The molecule has 0 unspecified atom stereocenters. The molecule has 0 saturated heterocycles. The lowest BCUT2D eigenvalue weighted by atomic mass is 10.2. The number of aromatic amines is 1. The Bertz CT molecular complexity index is 1350. The molecule has 4 aromatic rings. The van der Waals surface area contributed by atoms with Gasteiger partial charge in [0, 0.05) is 18.1 Å². The topological polar surface area (TPSA) is 122 Å². The molecule has 0 atom stereocenters. The predicted octanol–water partition coefficient (Wildman–Crippen LogP) is 3.14. The number of nitrogens with zero attached hydrogens (tertiary/aromatic N) is 3. The number of rotatable bonds is 5. The molecule has 30 heavy (non-hydrogen) atoms. The summed E-state index contributed by atoms with van der Waals surface area (Å²) in [5.74, 6) is -1.03. The van der Waals surface area contributed by atoms with E-state index in [0.717, 1.165) is 0 Å². The molecule has 2 aromatic heterocycles. The summed E-state index contributed by atoms with van der Waals surface area (Å²) in [4.78, 5) is 16.3. The van der Waals surface area contributed by atoms with Gasteiger partial charge in [-0.1, -0.05) is 11.6 Å². The Morgan fingerprint density at radius 3 is 2.60 bits per heavy atom. The molecular formula is C18H14ClFN6O3S. The van der Waals surface area contributed by atoms with Crippen molar-refractivity contribution in [2.45, 2.75) is 4.90 Å². The summed E-state index contributed by atoms with van der Waals surface area (Å²) in [6.45, 7) is 0. The van der Waals surface area contributed by atoms with Crippen LogP contribution in [0.5, 0.6) is 0 Å². The van der Waals surface area contributed by atoms with E-state index in [0.29, 0.717) is 16.6 Å². The van der Waals surface area contributed by atoms with E-state index in [4.69, 9.17) is 11.6 Å². The van der Waals surface area contributed by atoms with Crippen LogP contribution in [0.1, 0.15) is 10.5 Å². The van der Waals surface area contributed by atoms with E-state index in [-0.39, 0.29) is 21.6 Å². The second-order valence-electron chi connectivity index (χ2n) is 6.33. The Balaban J connectivity index is 1.54. The van der Waals surface area contributed by atoms with Crippen LogP contribution in [0.2, 0.25) is 5.02 Å². The van der Waals surface area contributed by atoms with Gasteiger partial charge in [0.05, 0.1) is 15.4 Å². The molecule has 0 aliphatic carbocycles. The number of carbonyl (C=O) groups excluding carboxylic acids is 1. The number of halogens is 2. The average Bonchev–Trinajstić information content (AvgIpc) is 3.31. The van der Waals surface area contributed by atoms with Gasteiger partial charge < -0.3 is 9.88 Å². The van der Waals surface area contributed by atoms with Crippen LogP contribution in [0.4, 0.5) is 16.0 Å². The summed E-state index contributed by atoms with van der Waals surface area (Å²) in [7, 11) is -2.20. The van der Waals surface area contributed by atoms with E-state index in [1.54, 1.807) is 17.7 Å². The van der Waals surface area contributed by atoms with E-state index in [9.17, 15) is 17.6 Å². The first-order valence-electron chi connectivity index (χ1n) is 8.49. The third-order valence-corrected chi connectivity index (χ3v) is 6.03. The number of sulfonamides is 1. The fraction of sp³-hybridized carbons (Fsp3) is 0.0556. The minimum atomic E-state index is -3.86. The number of carbonyl (C=O) groups is 1. The Hall–Kier alpha value is -3.44. The number of hydrogen-bond donors (Lipinski definition) is 3. The van der Waals surface area contributed by atoms with Gasteiger partial charge in [0.25, 0.3) is 15.9 Å². The van der Waals surface area contributed by atoms with Gasteiger partial charge in [0.15, 0.2) is 0 Å². The third-order valence-electron chi connectivity index (χ3n) is 4.39. The molecule has 12 heteroatoms. The van der Waals surface area contributed by atoms with Crippen molar-refractivity contribution in [2.24, 2.45) is 7.05 Å². The van der Waals surface area contributed by atoms with Crippen LogP contribution in [0.3, 0.4) is 0 Å². The first-order chi connectivity index (χ1) is 14.2. The highest BCUT2D eigenvalue weighted by atomic mass is 35.5. The highest BCUT2D eigenvalue weighted by Gasteiger charge is 2.18. The van der Waals surface area contributed by atoms with E-state index >= 15 is 0 Å². The number of H-pyrrole nitrogens is 1. The van der Waals surface area contributed by atoms with Gasteiger partial charge in [-0.25, -0.2) is 22.6 Å². The van der Waals surface area contributed by atoms with E-state index in [1.807, 2.05) is 0 Å². The largest absolute Gasteiger partial charge is 0.340 e. The van der Waals surface area contributed by atoms with Crippen LogP contribution in [0.15, 0.2) is 53.7 Å². The van der Waals surface area contributed by atoms with Crippen LogP contribution < -0.4 is 10.0 Å². The molecular weight excluding hydrogens is 435 g/mol. The smallest absolute Gasteiger partial charge is 0.272 e. The molecule has 0 fully saturated rings. The molecule has 0 aliphatic rings. The fourth-order valence-corrected chi connectivity index (χ4v) is 4.03. The van der Waals surface area contributed by atoms with Gasteiger partial charge in [-0.2, -0.15) is 10.1 Å². The molecule has 0 radical (unpaired) electrons. The lowest BCUT2D eigenvalue weighted by Gasteiger charge is -2.08. The molecule has 3 N–H and O–H groups in total. The molecule has 0 spiro atoms. The number of hydrogen-bond acceptors (Lipinski definition) is 5. The zero-order valence-corrected chi connectivity index (χ0v) is 16.9. The van der Waals surface area contributed by atoms with Crippen LogP contribution in [0.25, 0.3) is 10.9 Å². The molecule has 4 rings (SSSR count). The van der Waals surface area contributed by atoms with Crippen molar-refractivity contribution < 1.29 is 17.6 Å². The molecule has 0 bridgehead atoms. The standard InChI is InChI=1S/C18H14ClFN6O3S/c1-26-15-8-13(19)14(20)6-10(15)7-16(26)17(27)23-11-2-4-12(5-3-11)30(28,29)25-18-21-9-22-24-18/h2-9H,1H3,(H,23,27)(H2,21,22,24,25). The zero-order chi connectivity index (χ0) is 21.5. The lowest BCUT2D eigenvalue weighted by Crippen LogP contribution is -2.16. The van der Waals surface area contributed by atoms with E-state index < -0.39 is 21.7 Å². The monoisotopic (exact) mass is 448 g/mol. The van der Waals surface area contributed by atoms with Gasteiger partial charge in [-0.05, 0) is 42.5 Å². The van der Waals surface area contributed by atoms with Gasteiger partial charge in [0.2, 0.25) is 5.95 Å². The van der Waals surface area contributed by atoms with Crippen molar-refractivity contribution in [2.75, 3.05) is 10.0 Å². The fourth-order valence-electron chi connectivity index (χ4n) is 2.90. The molecule has 2 heterocycles. The van der Waals surface area contributed by atoms with Crippen molar-refractivity contribution in [3.63, 3.8) is 0 Å². The second kappa shape index (κ2) is 7.43. The second-order valence-corrected chi connectivity index (χ2v) is 8.42. The Morgan fingerprint density at radius 1 is 1.20 bits per heavy atom. The van der Waals surface area contributed by atoms with Crippen molar-refractivity contribution in [1.82, 2.24) is 19.7 Å². The van der Waals surface area contributed by atoms with Crippen LogP contribution in [0, 0.1) is 5.82 Å². The number of benzene rings is 2. The molecule has 154 valence electrons. The maximum Gasteiger partial charge on any atom is 0.272 e. The minimum absolute atomic E-state index is 0.0142. The highest BCUT2D eigenvalue weighted by molar-refractivity contribution is 7.92. The summed E-state index contributed by atoms with van der Waals surface area (Å²) in [5.41, 5.74) is 1.27. The summed E-state index contributed by atoms with van der Waals surface area (Å²) >= 11 is 5.82. The number of amides is 1. The first kappa shape index (κ1) is 19.9. The molecule has 1 amide bonds. The Labute approximate surface area is 174 Å². The molecule has 0 aliphatic heterocycles. The van der Waals surface area contributed by atoms with Crippen LogP contribution in [-0.4, -0.2) is 34.1 Å². The Kier molecular flexibility index (Phi) is 4.92. The highest BCUT2D eigenvalue weighted by Crippen LogP contribution is 2.26. The van der Waals surface area contributed by atoms with Gasteiger partial charge >= 0.3 is 0 Å². The van der Waals surface area contributed by atoms with Crippen LogP contribution in [-0.2, 0) is 17.1 Å². The van der Waals surface area contributed by atoms with Crippen molar-refractivity contribution in [3.05, 3.63) is 65.3 Å². The van der Waals surface area contributed by atoms with Gasteiger partial charge in [-0.3, -0.25) is 4.79 Å². The summed E-state index contributed by atoms with van der Waals surface area (Å²) in [5, 5.41) is 9.15. The number of aromatic nitrogens is 4. The SMILES string of the molecule is Cn1c(C(=O)Nc2ccc(S(=O)(=O)Nc3ncn[nH]3)cc2)cc2cc(F)c(Cl)cc21. The molecule has 0 saturated carbocycles. The number of aryl methyl sites for hydroxylation is 1. The minimum Gasteiger partial charge on any atom is -0.340 e. The maximum atomic E-state index is 13.7. The third kappa shape index (κ3) is 3.72. The van der Waals surface area contributed by atoms with Crippen LogP contribution >= 0.6 is 11.6 Å². The van der Waals surface area contributed by atoms with Crippen molar-refractivity contribution >= 4 is 50.1 Å². The zero-order valence-electron chi connectivity index (χ0n) is 15.3. The summed E-state index contributed by atoms with van der Waals surface area (Å²) in [6, 6.07) is 9.83. The first-order valence-corrected chi connectivity index (χ1v) is 10.3. The maximum absolute atomic E-state index is 13.7. The van der Waals surface area contributed by atoms with E-state index in [1.165, 1.54) is 42.7 Å². The molecule has 9 nitrogen and oxygen atoms in total. The summed E-state index contributed by atoms with van der Waals surface area (Å²) < 4.78 is 42.2. The average molecular weight is 449 g/mol. The summed E-state index contributed by atoms with van der Waals surface area (Å²) in [6.07, 6.45) is 1.17. The normalized spacial score (nSPS) is 11.6.